The van der Waals surface area contributed by atoms with Gasteiger partial charge < -0.3 is 15.7 Å². The van der Waals surface area contributed by atoms with Crippen LogP contribution in [0.5, 0.6) is 0 Å². The molecule has 0 aromatic carbocycles. The maximum atomic E-state index is 10.1. The summed E-state index contributed by atoms with van der Waals surface area (Å²) in [6, 6.07) is 0. The average molecular weight is 294 g/mol. The third-order valence-corrected chi connectivity index (χ3v) is 3.19. The molecule has 0 aliphatic heterocycles. The van der Waals surface area contributed by atoms with E-state index in [0.29, 0.717) is 6.54 Å². The zero-order chi connectivity index (χ0) is 15.9. The highest BCUT2D eigenvalue weighted by Crippen LogP contribution is 2.23. The van der Waals surface area contributed by atoms with Crippen molar-refractivity contribution in [2.24, 2.45) is 5.41 Å². The predicted octanol–water partition coefficient (Wildman–Crippen LogP) is 3.07. The van der Waals surface area contributed by atoms with E-state index in [4.69, 9.17) is 0 Å². The van der Waals surface area contributed by atoms with Gasteiger partial charge in [0.1, 0.15) is 18.0 Å². The minimum absolute atomic E-state index is 0.119. The molecule has 0 saturated carbocycles. The fraction of sp³-hybridized carbons (Fsp3) is 0.750. The van der Waals surface area contributed by atoms with E-state index in [-0.39, 0.29) is 11.5 Å². The second-order valence-corrected chi connectivity index (χ2v) is 6.63. The monoisotopic (exact) mass is 294 g/mol. The van der Waals surface area contributed by atoms with Gasteiger partial charge >= 0.3 is 0 Å². The summed E-state index contributed by atoms with van der Waals surface area (Å²) >= 11 is 0. The van der Waals surface area contributed by atoms with Crippen molar-refractivity contribution in [1.82, 2.24) is 9.97 Å². The molecular formula is C16H30N4O. The molecule has 5 heteroatoms. The summed E-state index contributed by atoms with van der Waals surface area (Å²) in [5.41, 5.74) is 1.20. The minimum atomic E-state index is -0.378. The highest BCUT2D eigenvalue weighted by Gasteiger charge is 2.17. The van der Waals surface area contributed by atoms with Gasteiger partial charge in [0.15, 0.2) is 0 Å². The minimum Gasteiger partial charge on any atom is -0.391 e. The molecule has 0 aliphatic carbocycles. The Hall–Kier alpha value is -1.36. The average Bonchev–Trinajstić information content (AvgIpc) is 2.40. The molecule has 1 unspecified atom stereocenters. The molecule has 0 amide bonds. The second-order valence-electron chi connectivity index (χ2n) is 6.63. The van der Waals surface area contributed by atoms with Gasteiger partial charge in [0.25, 0.3) is 0 Å². The summed E-state index contributed by atoms with van der Waals surface area (Å²) < 4.78 is 0. The fourth-order valence-corrected chi connectivity index (χ4v) is 2.29. The van der Waals surface area contributed by atoms with Gasteiger partial charge in [0.05, 0.1) is 6.10 Å². The second kappa shape index (κ2) is 8.17. The van der Waals surface area contributed by atoms with Crippen LogP contribution in [0, 0.1) is 5.41 Å². The van der Waals surface area contributed by atoms with Gasteiger partial charge in [-0.25, -0.2) is 9.97 Å². The number of aliphatic hydroxyl groups excluding tert-OH is 1. The zero-order valence-electron chi connectivity index (χ0n) is 14.0. The van der Waals surface area contributed by atoms with E-state index in [1.165, 1.54) is 0 Å². The third kappa shape index (κ3) is 6.29. The molecular weight excluding hydrogens is 264 g/mol. The Morgan fingerprint density at radius 2 is 1.76 bits per heavy atom. The summed E-state index contributed by atoms with van der Waals surface area (Å²) in [4.78, 5) is 8.62. The van der Waals surface area contributed by atoms with Gasteiger partial charge in [-0.15, -0.1) is 0 Å². The van der Waals surface area contributed by atoms with Crippen LogP contribution in [0.15, 0.2) is 6.33 Å². The number of anilines is 2. The smallest absolute Gasteiger partial charge is 0.134 e. The molecule has 0 spiro atoms. The van der Waals surface area contributed by atoms with Crippen molar-refractivity contribution < 1.29 is 5.11 Å². The first kappa shape index (κ1) is 17.7. The first-order valence-electron chi connectivity index (χ1n) is 7.87. The predicted molar refractivity (Wildman–Crippen MR) is 88.8 cm³/mol. The molecule has 1 heterocycles. The van der Waals surface area contributed by atoms with E-state index >= 15 is 0 Å². The van der Waals surface area contributed by atoms with Gasteiger partial charge in [0, 0.05) is 18.7 Å². The Morgan fingerprint density at radius 1 is 1.14 bits per heavy atom. The Morgan fingerprint density at radius 3 is 2.29 bits per heavy atom. The molecule has 0 radical (unpaired) electrons. The molecule has 21 heavy (non-hydrogen) atoms. The third-order valence-electron chi connectivity index (χ3n) is 3.19. The van der Waals surface area contributed by atoms with Crippen molar-refractivity contribution >= 4 is 11.6 Å². The summed E-state index contributed by atoms with van der Waals surface area (Å²) in [5.74, 6) is 1.71. The molecule has 120 valence electrons. The zero-order valence-corrected chi connectivity index (χ0v) is 14.0. The van der Waals surface area contributed by atoms with Crippen LogP contribution in [-0.2, 0) is 6.42 Å². The number of aromatic nitrogens is 2. The molecule has 0 saturated heterocycles. The lowest BCUT2D eigenvalue weighted by molar-refractivity contribution is 0.132. The molecule has 0 fully saturated rings. The van der Waals surface area contributed by atoms with Crippen LogP contribution in [0.25, 0.3) is 0 Å². The summed E-state index contributed by atoms with van der Waals surface area (Å²) in [7, 11) is 0. The summed E-state index contributed by atoms with van der Waals surface area (Å²) in [6.45, 7) is 12.0. The Bertz CT molecular complexity index is 429. The maximum Gasteiger partial charge on any atom is 0.134 e. The molecule has 3 N–H and O–H groups in total. The highest BCUT2D eigenvalue weighted by atomic mass is 16.3. The lowest BCUT2D eigenvalue weighted by Gasteiger charge is -2.23. The van der Waals surface area contributed by atoms with E-state index in [9.17, 15) is 5.11 Å². The Kier molecular flexibility index (Phi) is 6.89. The first-order valence-corrected chi connectivity index (χ1v) is 7.87. The SMILES string of the molecule is CCCNc1ncnc(NCC(O)CC(C)(C)C)c1CC. The fourth-order valence-electron chi connectivity index (χ4n) is 2.29. The first-order chi connectivity index (χ1) is 9.87. The quantitative estimate of drug-likeness (QED) is 0.687. The lowest BCUT2D eigenvalue weighted by Crippen LogP contribution is -2.26. The molecule has 1 aromatic rings. The normalized spacial score (nSPS) is 13.0. The molecule has 5 nitrogen and oxygen atoms in total. The Balaban J connectivity index is 2.70. The van der Waals surface area contributed by atoms with Crippen LogP contribution in [0.2, 0.25) is 0 Å². The maximum absolute atomic E-state index is 10.1. The summed E-state index contributed by atoms with van der Waals surface area (Å²) in [6.07, 6.45) is 3.85. The van der Waals surface area contributed by atoms with E-state index in [1.807, 2.05) is 0 Å². The van der Waals surface area contributed by atoms with Crippen molar-refractivity contribution in [3.63, 3.8) is 0 Å². The van der Waals surface area contributed by atoms with E-state index in [1.54, 1.807) is 6.33 Å². The standard InChI is InChI=1S/C16H30N4O/c1-6-8-17-14-13(7-2)15(20-11-19-14)18-10-12(21)9-16(3,4)5/h11-12,21H,6-10H2,1-5H3,(H2,17,18,19,20). The summed E-state index contributed by atoms with van der Waals surface area (Å²) in [5, 5.41) is 16.7. The number of hydrogen-bond donors (Lipinski definition) is 3. The molecule has 1 rings (SSSR count). The van der Waals surface area contributed by atoms with Crippen LogP contribution in [0.1, 0.15) is 53.0 Å². The number of nitrogens with one attached hydrogen (secondary N) is 2. The molecule has 0 bridgehead atoms. The van der Waals surface area contributed by atoms with E-state index < -0.39 is 0 Å². The van der Waals surface area contributed by atoms with E-state index in [0.717, 1.165) is 43.0 Å². The van der Waals surface area contributed by atoms with Gasteiger partial charge in [-0.3, -0.25) is 0 Å². The van der Waals surface area contributed by atoms with Gasteiger partial charge in [-0.1, -0.05) is 34.6 Å². The number of hydrogen-bond acceptors (Lipinski definition) is 5. The van der Waals surface area contributed by atoms with Crippen LogP contribution >= 0.6 is 0 Å². The van der Waals surface area contributed by atoms with Crippen molar-refractivity contribution in [1.29, 1.82) is 0 Å². The Labute approximate surface area is 128 Å². The van der Waals surface area contributed by atoms with Crippen molar-refractivity contribution in [2.75, 3.05) is 23.7 Å². The van der Waals surface area contributed by atoms with Crippen LogP contribution in [0.3, 0.4) is 0 Å². The van der Waals surface area contributed by atoms with Crippen LogP contribution in [0.4, 0.5) is 11.6 Å². The number of aliphatic hydroxyl groups is 1. The van der Waals surface area contributed by atoms with Gasteiger partial charge in [-0.2, -0.15) is 0 Å². The van der Waals surface area contributed by atoms with Gasteiger partial charge in [-0.05, 0) is 24.7 Å². The topological polar surface area (TPSA) is 70.1 Å². The molecule has 1 aromatic heterocycles. The number of nitrogens with zero attached hydrogens (tertiary/aromatic N) is 2. The van der Waals surface area contributed by atoms with Crippen molar-refractivity contribution in [2.45, 2.75) is 60.0 Å². The van der Waals surface area contributed by atoms with Crippen molar-refractivity contribution in [3.05, 3.63) is 11.9 Å². The van der Waals surface area contributed by atoms with Crippen LogP contribution in [-0.4, -0.2) is 34.3 Å². The molecule has 0 aliphatic rings. The van der Waals surface area contributed by atoms with E-state index in [2.05, 4.69) is 55.2 Å². The van der Waals surface area contributed by atoms with Crippen molar-refractivity contribution in [3.8, 4) is 0 Å². The van der Waals surface area contributed by atoms with Gasteiger partial charge in [0.2, 0.25) is 0 Å². The molecule has 1 atom stereocenters. The lowest BCUT2D eigenvalue weighted by atomic mass is 9.89. The number of rotatable bonds is 8. The van der Waals surface area contributed by atoms with Crippen LogP contribution < -0.4 is 10.6 Å². The highest BCUT2D eigenvalue weighted by molar-refractivity contribution is 5.57. The largest absolute Gasteiger partial charge is 0.391 e.